The second-order valence-electron chi connectivity index (χ2n) is 9.21. The lowest BCUT2D eigenvalue weighted by molar-refractivity contribution is -0.131. The van der Waals surface area contributed by atoms with Gasteiger partial charge >= 0.3 is 0 Å². The Balaban J connectivity index is 1.51. The van der Waals surface area contributed by atoms with Crippen LogP contribution >= 0.6 is 11.3 Å². The molecule has 174 valence electrons. The summed E-state index contributed by atoms with van der Waals surface area (Å²) in [6.07, 6.45) is 3.44. The van der Waals surface area contributed by atoms with Crippen molar-refractivity contribution in [1.29, 1.82) is 0 Å². The summed E-state index contributed by atoms with van der Waals surface area (Å²) in [4.78, 5) is 34.1. The van der Waals surface area contributed by atoms with Crippen molar-refractivity contribution in [3.8, 4) is 5.75 Å². The van der Waals surface area contributed by atoms with Crippen molar-refractivity contribution in [1.82, 2.24) is 4.98 Å². The maximum absolute atomic E-state index is 13.8. The second-order valence-corrected chi connectivity index (χ2v) is 10.2. The lowest BCUT2D eigenvalue weighted by Gasteiger charge is -2.35. The third-order valence-corrected chi connectivity index (χ3v) is 8.00. The first-order valence-corrected chi connectivity index (χ1v) is 12.8. The maximum atomic E-state index is 13.8. The van der Waals surface area contributed by atoms with Crippen LogP contribution in [0.2, 0.25) is 0 Å². The third kappa shape index (κ3) is 3.33. The molecule has 1 saturated carbocycles. The van der Waals surface area contributed by atoms with Crippen LogP contribution < -0.4 is 9.64 Å². The van der Waals surface area contributed by atoms with Crippen LogP contribution in [0.3, 0.4) is 0 Å². The van der Waals surface area contributed by atoms with Crippen molar-refractivity contribution in [2.45, 2.75) is 51.7 Å². The molecule has 34 heavy (non-hydrogen) atoms. The van der Waals surface area contributed by atoms with Crippen LogP contribution in [-0.4, -0.2) is 29.4 Å². The normalized spacial score (nSPS) is 24.3. The first-order chi connectivity index (χ1) is 16.5. The molecular weight excluding hydrogens is 448 g/mol. The summed E-state index contributed by atoms with van der Waals surface area (Å²) in [5, 5.41) is 0.575. The molecule has 3 aromatic rings. The van der Waals surface area contributed by atoms with Gasteiger partial charge in [-0.25, -0.2) is 4.98 Å². The fourth-order valence-electron chi connectivity index (χ4n) is 5.42. The lowest BCUT2D eigenvalue weighted by atomic mass is 9.77. The van der Waals surface area contributed by atoms with Crippen molar-refractivity contribution in [2.24, 2.45) is 5.92 Å². The fraction of sp³-hybridized carbons (Fsp3) is 0.370. The minimum absolute atomic E-state index is 0.0468. The number of ketones is 1. The molecule has 2 aromatic carbocycles. The van der Waals surface area contributed by atoms with Gasteiger partial charge in [0.15, 0.2) is 16.7 Å². The maximum Gasteiger partial charge on any atom is 0.296 e. The fourth-order valence-corrected chi connectivity index (χ4v) is 6.51. The van der Waals surface area contributed by atoms with Crippen LogP contribution in [-0.2, 0) is 14.3 Å². The van der Waals surface area contributed by atoms with E-state index in [9.17, 15) is 9.59 Å². The van der Waals surface area contributed by atoms with E-state index in [0.717, 1.165) is 47.0 Å². The lowest BCUT2D eigenvalue weighted by Crippen LogP contribution is -2.39. The Hall–Kier alpha value is -3.19. The highest BCUT2D eigenvalue weighted by Crippen LogP contribution is 2.49. The zero-order chi connectivity index (χ0) is 23.4. The Labute approximate surface area is 202 Å². The Bertz CT molecular complexity index is 1340. The van der Waals surface area contributed by atoms with E-state index < -0.39 is 6.04 Å². The third-order valence-electron chi connectivity index (χ3n) is 6.99. The van der Waals surface area contributed by atoms with Crippen molar-refractivity contribution >= 4 is 38.4 Å². The summed E-state index contributed by atoms with van der Waals surface area (Å²) >= 11 is 1.47. The molecule has 0 radical (unpaired) electrons. The topological polar surface area (TPSA) is 68.7 Å². The number of rotatable bonds is 4. The molecule has 0 bridgehead atoms. The van der Waals surface area contributed by atoms with Crippen LogP contribution in [0.1, 0.15) is 49.8 Å². The summed E-state index contributed by atoms with van der Waals surface area (Å²) in [6.45, 7) is 4.51. The minimum Gasteiger partial charge on any atom is -0.494 e. The van der Waals surface area contributed by atoms with E-state index in [1.807, 2.05) is 50.2 Å². The molecule has 3 unspecified atom stereocenters. The average molecular weight is 475 g/mol. The van der Waals surface area contributed by atoms with Gasteiger partial charge in [-0.05, 0) is 68.5 Å². The molecule has 1 aliphatic carbocycles. The zero-order valence-electron chi connectivity index (χ0n) is 19.2. The van der Waals surface area contributed by atoms with Gasteiger partial charge in [0.05, 0.1) is 34.4 Å². The Morgan fingerprint density at radius 1 is 1.15 bits per heavy atom. The van der Waals surface area contributed by atoms with E-state index >= 15 is 0 Å². The highest BCUT2D eigenvalue weighted by atomic mass is 32.1. The molecule has 2 aliphatic heterocycles. The molecule has 1 fully saturated rings. The minimum atomic E-state index is -0.583. The number of aryl methyl sites for hydroxylation is 1. The number of nitrogens with zero attached hydrogens (tertiary/aromatic N) is 2. The SMILES string of the molecule is CCOc1cccc(C2C3=C(OC4CCCCC4C3=O)C(=O)N2c2nc3ccc(C)cc3s2)c1. The van der Waals surface area contributed by atoms with Gasteiger partial charge in [0, 0.05) is 0 Å². The molecule has 0 saturated heterocycles. The largest absolute Gasteiger partial charge is 0.494 e. The zero-order valence-corrected chi connectivity index (χ0v) is 20.1. The Morgan fingerprint density at radius 3 is 2.85 bits per heavy atom. The van der Waals surface area contributed by atoms with Crippen LogP contribution in [0.5, 0.6) is 5.75 Å². The van der Waals surface area contributed by atoms with E-state index in [-0.39, 0.29) is 29.5 Å². The van der Waals surface area contributed by atoms with E-state index in [4.69, 9.17) is 14.5 Å². The van der Waals surface area contributed by atoms with Crippen molar-refractivity contribution in [3.05, 3.63) is 64.9 Å². The molecule has 6 rings (SSSR count). The number of ether oxygens (including phenoxy) is 2. The van der Waals surface area contributed by atoms with Gasteiger partial charge in [0.25, 0.3) is 5.91 Å². The van der Waals surface area contributed by atoms with Gasteiger partial charge in [-0.2, -0.15) is 0 Å². The standard InChI is InChI=1S/C27H26N2O4S/c1-3-32-17-8-6-7-16(14-17)23-22-24(30)18-9-4-5-10-20(18)33-25(22)26(31)29(23)27-28-19-12-11-15(2)13-21(19)34-27/h6-8,11-14,18,20,23H,3-5,9-10H2,1-2H3. The molecule has 6 nitrogen and oxygen atoms in total. The molecule has 1 amide bonds. The van der Waals surface area contributed by atoms with Crippen LogP contribution in [0, 0.1) is 12.8 Å². The van der Waals surface area contributed by atoms with Crippen molar-refractivity contribution in [3.63, 3.8) is 0 Å². The molecule has 3 aliphatic rings. The molecule has 3 atom stereocenters. The Morgan fingerprint density at radius 2 is 2.00 bits per heavy atom. The van der Waals surface area contributed by atoms with Crippen LogP contribution in [0.15, 0.2) is 53.8 Å². The monoisotopic (exact) mass is 474 g/mol. The highest BCUT2D eigenvalue weighted by Gasteiger charge is 2.53. The number of benzene rings is 2. The van der Waals surface area contributed by atoms with Gasteiger partial charge in [-0.15, -0.1) is 0 Å². The van der Waals surface area contributed by atoms with Crippen LogP contribution in [0.4, 0.5) is 5.13 Å². The number of carbonyl (C=O) groups is 2. The Kier molecular flexibility index (Phi) is 5.17. The van der Waals surface area contributed by atoms with Crippen LogP contribution in [0.25, 0.3) is 10.2 Å². The van der Waals surface area contributed by atoms with Crippen molar-refractivity contribution in [2.75, 3.05) is 11.5 Å². The van der Waals surface area contributed by atoms with E-state index in [0.29, 0.717) is 23.1 Å². The number of thiazole rings is 1. The smallest absolute Gasteiger partial charge is 0.296 e. The summed E-state index contributed by atoms with van der Waals surface area (Å²) in [5.74, 6) is 0.493. The number of hydrogen-bond donors (Lipinski definition) is 0. The molecule has 7 heteroatoms. The molecular formula is C27H26N2O4S. The van der Waals surface area contributed by atoms with Gasteiger partial charge < -0.3 is 9.47 Å². The molecule has 0 N–H and O–H groups in total. The molecule has 1 aromatic heterocycles. The highest BCUT2D eigenvalue weighted by molar-refractivity contribution is 7.22. The van der Waals surface area contributed by atoms with E-state index in [1.165, 1.54) is 11.3 Å². The number of anilines is 1. The quantitative estimate of drug-likeness (QED) is 0.499. The van der Waals surface area contributed by atoms with Crippen molar-refractivity contribution < 1.29 is 19.1 Å². The number of Topliss-reactive ketones (excluding diaryl/α,β-unsaturated/α-hetero) is 1. The first-order valence-electron chi connectivity index (χ1n) is 11.9. The second kappa shape index (κ2) is 8.24. The number of carbonyl (C=O) groups excluding carboxylic acids is 2. The first kappa shape index (κ1) is 21.4. The number of hydrogen-bond acceptors (Lipinski definition) is 6. The average Bonchev–Trinajstić information content (AvgIpc) is 3.38. The molecule has 3 heterocycles. The van der Waals surface area contributed by atoms with Gasteiger partial charge in [-0.3, -0.25) is 14.5 Å². The van der Waals surface area contributed by atoms with Gasteiger partial charge in [0.1, 0.15) is 11.9 Å². The summed E-state index contributed by atoms with van der Waals surface area (Å²) in [7, 11) is 0. The number of amides is 1. The number of aromatic nitrogens is 1. The summed E-state index contributed by atoms with van der Waals surface area (Å²) in [6, 6.07) is 13.1. The predicted molar refractivity (Wildman–Crippen MR) is 131 cm³/mol. The van der Waals surface area contributed by atoms with Gasteiger partial charge in [0.2, 0.25) is 0 Å². The van der Waals surface area contributed by atoms with E-state index in [2.05, 4.69) is 6.07 Å². The van der Waals surface area contributed by atoms with Gasteiger partial charge in [-0.1, -0.05) is 36.0 Å². The van der Waals surface area contributed by atoms with E-state index in [1.54, 1.807) is 4.90 Å². The summed E-state index contributed by atoms with van der Waals surface area (Å²) in [5.41, 5.74) is 3.27. The molecule has 0 spiro atoms. The summed E-state index contributed by atoms with van der Waals surface area (Å²) < 4.78 is 13.0. The number of fused-ring (bicyclic) bond motifs is 2. The predicted octanol–water partition coefficient (Wildman–Crippen LogP) is 5.50.